The highest BCUT2D eigenvalue weighted by Crippen LogP contribution is 1.98. The van der Waals surface area contributed by atoms with Crippen LogP contribution in [0.2, 0.25) is 0 Å². The van der Waals surface area contributed by atoms with Crippen LogP contribution < -0.4 is 11.5 Å². The first-order valence-electron chi connectivity index (χ1n) is 1.51. The van der Waals surface area contributed by atoms with Crippen LogP contribution in [0.4, 0.5) is 4.79 Å². The van der Waals surface area contributed by atoms with Crippen LogP contribution in [0.1, 0.15) is 0 Å². The van der Waals surface area contributed by atoms with Crippen LogP contribution in [-0.4, -0.2) is 6.03 Å². The SMILES string of the molecule is C=C(Cl)Cl.NC(N)=O. The van der Waals surface area contributed by atoms with Gasteiger partial charge in [0.15, 0.2) is 0 Å². The van der Waals surface area contributed by atoms with Crippen molar-refractivity contribution in [1.82, 2.24) is 0 Å². The fourth-order valence-electron chi connectivity index (χ4n) is 0. The summed E-state index contributed by atoms with van der Waals surface area (Å²) in [5, 5.41) is 0. The smallest absolute Gasteiger partial charge is 0.309 e. The van der Waals surface area contributed by atoms with E-state index in [1.54, 1.807) is 0 Å². The molecule has 0 aliphatic heterocycles. The topological polar surface area (TPSA) is 69.1 Å². The van der Waals surface area contributed by atoms with Crippen molar-refractivity contribution in [3.05, 3.63) is 11.1 Å². The van der Waals surface area contributed by atoms with Crippen LogP contribution in [0.5, 0.6) is 0 Å². The number of rotatable bonds is 0. The standard InChI is InChI=1S/C2H2Cl2.CH4N2O/c1-2(3)4;2-1(3)4/h1H2;(H4,2,3,4). The zero-order chi connectivity index (χ0) is 7.15. The summed E-state index contributed by atoms with van der Waals surface area (Å²) in [5.41, 5.74) is 8.50. The summed E-state index contributed by atoms with van der Waals surface area (Å²) in [6.07, 6.45) is 0. The Bertz CT molecular complexity index is 73.3. The molecule has 0 aromatic rings. The van der Waals surface area contributed by atoms with E-state index in [1.807, 2.05) is 0 Å². The minimum absolute atomic E-state index is 0.111. The van der Waals surface area contributed by atoms with E-state index in [-0.39, 0.29) is 4.49 Å². The largest absolute Gasteiger partial charge is 0.352 e. The zero-order valence-electron chi connectivity index (χ0n) is 4.03. The van der Waals surface area contributed by atoms with Crippen LogP contribution in [0.25, 0.3) is 0 Å². The Morgan fingerprint density at radius 1 is 1.38 bits per heavy atom. The third kappa shape index (κ3) is 701. The molecule has 48 valence electrons. The lowest BCUT2D eigenvalue weighted by molar-refractivity contribution is 0.256. The van der Waals surface area contributed by atoms with Crippen LogP contribution in [-0.2, 0) is 0 Å². The summed E-state index contributed by atoms with van der Waals surface area (Å²) >= 11 is 9.69. The van der Waals surface area contributed by atoms with Gasteiger partial charge >= 0.3 is 6.03 Å². The predicted molar refractivity (Wildman–Crippen MR) is 34.6 cm³/mol. The molecule has 3 nitrogen and oxygen atoms in total. The highest BCUT2D eigenvalue weighted by Gasteiger charge is 1.61. The van der Waals surface area contributed by atoms with Crippen molar-refractivity contribution in [2.45, 2.75) is 0 Å². The molecule has 5 heteroatoms. The Kier molecular flexibility index (Phi) is 8.69. The van der Waals surface area contributed by atoms with Crippen molar-refractivity contribution in [1.29, 1.82) is 0 Å². The third-order valence-electron chi connectivity index (χ3n) is 0. The number of primary amides is 2. The van der Waals surface area contributed by atoms with E-state index in [0.29, 0.717) is 0 Å². The molecular formula is C3H6Cl2N2O. The van der Waals surface area contributed by atoms with Gasteiger partial charge in [0.25, 0.3) is 0 Å². The van der Waals surface area contributed by atoms with Crippen LogP contribution in [0, 0.1) is 0 Å². The van der Waals surface area contributed by atoms with Gasteiger partial charge in [-0.25, -0.2) is 4.79 Å². The summed E-state index contributed by atoms with van der Waals surface area (Å²) in [6.45, 7) is 3.09. The molecule has 0 rings (SSSR count). The second kappa shape index (κ2) is 6.59. The number of hydrogen-bond donors (Lipinski definition) is 2. The summed E-state index contributed by atoms with van der Waals surface area (Å²) in [6, 6.07) is -0.833. The molecule has 0 unspecified atom stereocenters. The van der Waals surface area contributed by atoms with E-state index in [0.717, 1.165) is 0 Å². The fraction of sp³-hybridized carbons (Fsp3) is 0. The monoisotopic (exact) mass is 156 g/mol. The van der Waals surface area contributed by atoms with Crippen molar-refractivity contribution in [2.24, 2.45) is 11.5 Å². The van der Waals surface area contributed by atoms with Gasteiger partial charge < -0.3 is 11.5 Å². The molecule has 0 spiro atoms. The Balaban J connectivity index is 0. The molecule has 0 saturated heterocycles. The second-order valence-electron chi connectivity index (χ2n) is 0.741. The fourth-order valence-corrected chi connectivity index (χ4v) is 0. The molecule has 0 aromatic carbocycles. The number of nitrogens with two attached hydrogens (primary N) is 2. The van der Waals surface area contributed by atoms with Gasteiger partial charge in [0, 0.05) is 0 Å². The van der Waals surface area contributed by atoms with Crippen molar-refractivity contribution < 1.29 is 4.79 Å². The first-order valence-corrected chi connectivity index (χ1v) is 2.27. The Morgan fingerprint density at radius 3 is 1.38 bits per heavy atom. The Labute approximate surface area is 57.2 Å². The Morgan fingerprint density at radius 2 is 1.38 bits per heavy atom. The van der Waals surface area contributed by atoms with Gasteiger partial charge in [0.2, 0.25) is 0 Å². The summed E-state index contributed by atoms with van der Waals surface area (Å²) < 4.78 is 0.111. The minimum Gasteiger partial charge on any atom is -0.352 e. The zero-order valence-corrected chi connectivity index (χ0v) is 5.54. The lowest BCUT2D eigenvalue weighted by atomic mass is 11.2. The molecule has 0 heterocycles. The maximum Gasteiger partial charge on any atom is 0.309 e. The van der Waals surface area contributed by atoms with Crippen molar-refractivity contribution in [3.8, 4) is 0 Å². The van der Waals surface area contributed by atoms with Gasteiger partial charge in [-0.1, -0.05) is 29.8 Å². The van der Waals surface area contributed by atoms with E-state index in [9.17, 15) is 0 Å². The molecule has 2 amide bonds. The molecule has 0 atom stereocenters. The first kappa shape index (κ1) is 10.5. The van der Waals surface area contributed by atoms with E-state index in [2.05, 4.69) is 18.0 Å². The van der Waals surface area contributed by atoms with E-state index in [4.69, 9.17) is 28.0 Å². The van der Waals surface area contributed by atoms with Gasteiger partial charge in [-0.05, 0) is 0 Å². The molecule has 0 saturated carbocycles. The van der Waals surface area contributed by atoms with Crippen molar-refractivity contribution in [3.63, 3.8) is 0 Å². The third-order valence-corrected chi connectivity index (χ3v) is 0. The average Bonchev–Trinajstić information content (AvgIpc) is 1.25. The molecule has 0 bridgehead atoms. The van der Waals surface area contributed by atoms with Crippen LogP contribution in [0.3, 0.4) is 0 Å². The van der Waals surface area contributed by atoms with Gasteiger partial charge in [0.05, 0.1) is 4.49 Å². The molecular weight excluding hydrogens is 151 g/mol. The quantitative estimate of drug-likeness (QED) is 0.540. The van der Waals surface area contributed by atoms with E-state index >= 15 is 0 Å². The first-order chi connectivity index (χ1) is 3.46. The minimum atomic E-state index is -0.833. The molecule has 0 radical (unpaired) electrons. The molecule has 4 N–H and O–H groups in total. The Hall–Kier alpha value is -0.410. The van der Waals surface area contributed by atoms with Crippen LogP contribution in [0.15, 0.2) is 11.1 Å². The number of carbonyl (C=O) groups is 1. The number of urea groups is 1. The van der Waals surface area contributed by atoms with Gasteiger partial charge in [-0.2, -0.15) is 0 Å². The van der Waals surface area contributed by atoms with Crippen molar-refractivity contribution >= 4 is 29.2 Å². The predicted octanol–water partition coefficient (Wildman–Crippen LogP) is 0.959. The second-order valence-corrected chi connectivity index (χ2v) is 1.85. The molecule has 0 aliphatic rings. The number of halogens is 2. The average molecular weight is 157 g/mol. The number of amides is 2. The van der Waals surface area contributed by atoms with Gasteiger partial charge in [-0.15, -0.1) is 0 Å². The maximum absolute atomic E-state index is 9.00. The number of carbonyl (C=O) groups excluding carboxylic acids is 1. The number of hydrogen-bond acceptors (Lipinski definition) is 1. The van der Waals surface area contributed by atoms with Gasteiger partial charge in [-0.3, -0.25) is 0 Å². The van der Waals surface area contributed by atoms with Crippen LogP contribution >= 0.6 is 23.2 Å². The lowest BCUT2D eigenvalue weighted by Crippen LogP contribution is -2.18. The lowest BCUT2D eigenvalue weighted by Gasteiger charge is -1.62. The summed E-state index contributed by atoms with van der Waals surface area (Å²) in [5.74, 6) is 0. The van der Waals surface area contributed by atoms with Gasteiger partial charge in [0.1, 0.15) is 0 Å². The molecule has 0 aromatic heterocycles. The molecule has 8 heavy (non-hydrogen) atoms. The van der Waals surface area contributed by atoms with Crippen molar-refractivity contribution in [2.75, 3.05) is 0 Å². The maximum atomic E-state index is 9.00. The normalized spacial score (nSPS) is 6.25. The van der Waals surface area contributed by atoms with E-state index in [1.165, 1.54) is 0 Å². The summed E-state index contributed by atoms with van der Waals surface area (Å²) in [7, 11) is 0. The molecule has 0 fully saturated rings. The summed E-state index contributed by atoms with van der Waals surface area (Å²) in [4.78, 5) is 9.00. The highest BCUT2D eigenvalue weighted by atomic mass is 35.5. The molecule has 0 aliphatic carbocycles. The van der Waals surface area contributed by atoms with E-state index < -0.39 is 6.03 Å². The highest BCUT2D eigenvalue weighted by molar-refractivity contribution is 6.55.